The molecule has 2 aliphatic rings. The van der Waals surface area contributed by atoms with Gasteiger partial charge < -0.3 is 19.1 Å². The normalized spacial score (nSPS) is 20.3. The Morgan fingerprint density at radius 1 is 1.13 bits per heavy atom. The van der Waals surface area contributed by atoms with Gasteiger partial charge in [-0.3, -0.25) is 9.59 Å². The van der Waals surface area contributed by atoms with Crippen molar-refractivity contribution in [1.82, 2.24) is 4.90 Å². The maximum atomic E-state index is 14.4. The van der Waals surface area contributed by atoms with Crippen molar-refractivity contribution in [2.24, 2.45) is 5.41 Å². The molecule has 1 atom stereocenters. The highest BCUT2D eigenvalue weighted by Gasteiger charge is 2.45. The molecule has 0 radical (unpaired) electrons. The molecule has 2 aromatic carbocycles. The van der Waals surface area contributed by atoms with Crippen molar-refractivity contribution in [3.8, 4) is 11.5 Å². The summed E-state index contributed by atoms with van der Waals surface area (Å²) < 4.78 is 30.9. The molecule has 2 aliphatic heterocycles. The fourth-order valence-electron chi connectivity index (χ4n) is 4.34. The number of likely N-dealkylation sites (tertiary alicyclic amines) is 1. The van der Waals surface area contributed by atoms with Crippen LogP contribution in [0.5, 0.6) is 11.5 Å². The number of amides is 1. The Bertz CT molecular complexity index is 978. The average Bonchev–Trinajstić information content (AvgIpc) is 2.80. The molecule has 1 fully saturated rings. The van der Waals surface area contributed by atoms with E-state index in [0.717, 1.165) is 0 Å². The van der Waals surface area contributed by atoms with E-state index >= 15 is 0 Å². The lowest BCUT2D eigenvalue weighted by atomic mass is 9.74. The predicted octanol–water partition coefficient (Wildman–Crippen LogP) is 3.63. The van der Waals surface area contributed by atoms with Crippen molar-refractivity contribution in [3.63, 3.8) is 0 Å². The number of rotatable bonds is 5. The Morgan fingerprint density at radius 2 is 1.90 bits per heavy atom. The Balaban J connectivity index is 1.60. The van der Waals surface area contributed by atoms with Gasteiger partial charge in [-0.1, -0.05) is 18.2 Å². The molecule has 0 saturated carbocycles. The minimum absolute atomic E-state index is 0.174. The lowest BCUT2D eigenvalue weighted by molar-refractivity contribution is -0.158. The molecule has 0 bridgehead atoms. The van der Waals surface area contributed by atoms with Crippen LogP contribution in [-0.4, -0.2) is 49.7 Å². The molecule has 6 nitrogen and oxygen atoms in total. The number of hydrogen-bond acceptors (Lipinski definition) is 5. The Hall–Kier alpha value is -3.09. The molecule has 0 aromatic heterocycles. The summed E-state index contributed by atoms with van der Waals surface area (Å²) in [5.74, 6) is 0.206. The highest BCUT2D eigenvalue weighted by atomic mass is 19.1. The van der Waals surface area contributed by atoms with E-state index in [0.29, 0.717) is 55.2 Å². The quantitative estimate of drug-likeness (QED) is 0.682. The lowest BCUT2D eigenvalue weighted by Crippen LogP contribution is -2.51. The van der Waals surface area contributed by atoms with E-state index in [9.17, 15) is 14.0 Å². The number of carbonyl (C=O) groups is 2. The van der Waals surface area contributed by atoms with Gasteiger partial charge in [0.25, 0.3) is 5.91 Å². The van der Waals surface area contributed by atoms with Crippen molar-refractivity contribution < 1.29 is 28.2 Å². The summed E-state index contributed by atoms with van der Waals surface area (Å²) in [6.45, 7) is 3.58. The number of esters is 1. The van der Waals surface area contributed by atoms with E-state index in [2.05, 4.69) is 0 Å². The van der Waals surface area contributed by atoms with Crippen molar-refractivity contribution in [2.45, 2.75) is 26.2 Å². The SMILES string of the molecule is CCOC(=O)[C@]1(Cc2ccccc2F)CCCN(C(=O)c2ccc3c(c2)OCCO3)C1. The zero-order valence-electron chi connectivity index (χ0n) is 17.6. The smallest absolute Gasteiger partial charge is 0.314 e. The molecular formula is C24H26FNO5. The van der Waals surface area contributed by atoms with Crippen molar-refractivity contribution in [3.05, 3.63) is 59.4 Å². The number of benzene rings is 2. The van der Waals surface area contributed by atoms with Crippen molar-refractivity contribution >= 4 is 11.9 Å². The van der Waals surface area contributed by atoms with Crippen LogP contribution in [0.3, 0.4) is 0 Å². The van der Waals surface area contributed by atoms with Crippen LogP contribution in [0.2, 0.25) is 0 Å². The third-order valence-electron chi connectivity index (χ3n) is 5.85. The first-order valence-electron chi connectivity index (χ1n) is 10.6. The van der Waals surface area contributed by atoms with E-state index in [-0.39, 0.29) is 31.3 Å². The monoisotopic (exact) mass is 427 g/mol. The van der Waals surface area contributed by atoms with Gasteiger partial charge in [0.2, 0.25) is 0 Å². The number of ether oxygens (including phenoxy) is 3. The Morgan fingerprint density at radius 3 is 2.68 bits per heavy atom. The van der Waals surface area contributed by atoms with Crippen molar-refractivity contribution in [2.75, 3.05) is 32.9 Å². The highest BCUT2D eigenvalue weighted by Crippen LogP contribution is 2.37. The molecule has 1 amide bonds. The van der Waals surface area contributed by atoms with Gasteiger partial charge in [-0.25, -0.2) is 4.39 Å². The first kappa shape index (κ1) is 21.2. The van der Waals surface area contributed by atoms with Crippen LogP contribution in [0.15, 0.2) is 42.5 Å². The van der Waals surface area contributed by atoms with Crippen molar-refractivity contribution in [1.29, 1.82) is 0 Å². The van der Waals surface area contributed by atoms with Crippen LogP contribution in [-0.2, 0) is 16.0 Å². The summed E-state index contributed by atoms with van der Waals surface area (Å²) in [7, 11) is 0. The maximum absolute atomic E-state index is 14.4. The van der Waals surface area contributed by atoms with Gasteiger partial charge in [0.1, 0.15) is 19.0 Å². The molecule has 2 aromatic rings. The second kappa shape index (κ2) is 8.96. The van der Waals surface area contributed by atoms with Crippen LogP contribution in [0.1, 0.15) is 35.7 Å². The lowest BCUT2D eigenvalue weighted by Gasteiger charge is -2.41. The minimum atomic E-state index is -0.986. The number of hydrogen-bond donors (Lipinski definition) is 0. The van der Waals surface area contributed by atoms with E-state index in [4.69, 9.17) is 14.2 Å². The molecule has 31 heavy (non-hydrogen) atoms. The first-order chi connectivity index (χ1) is 15.0. The van der Waals surface area contributed by atoms with E-state index < -0.39 is 11.4 Å². The van der Waals surface area contributed by atoms with Gasteiger partial charge in [0.15, 0.2) is 11.5 Å². The van der Waals surface area contributed by atoms with Gasteiger partial charge in [-0.15, -0.1) is 0 Å². The average molecular weight is 427 g/mol. The number of piperidine rings is 1. The molecule has 0 unspecified atom stereocenters. The number of nitrogens with zero attached hydrogens (tertiary/aromatic N) is 1. The zero-order valence-corrected chi connectivity index (χ0v) is 17.6. The summed E-state index contributed by atoms with van der Waals surface area (Å²) in [4.78, 5) is 27.9. The number of carbonyl (C=O) groups excluding carboxylic acids is 2. The van der Waals surface area contributed by atoms with Gasteiger partial charge in [-0.2, -0.15) is 0 Å². The van der Waals surface area contributed by atoms with Crippen LogP contribution < -0.4 is 9.47 Å². The number of fused-ring (bicyclic) bond motifs is 1. The molecule has 0 spiro atoms. The molecule has 0 N–H and O–H groups in total. The predicted molar refractivity (Wildman–Crippen MR) is 112 cm³/mol. The third-order valence-corrected chi connectivity index (χ3v) is 5.85. The van der Waals surface area contributed by atoms with E-state index in [1.54, 1.807) is 48.2 Å². The van der Waals surface area contributed by atoms with Gasteiger partial charge in [-0.05, 0) is 56.0 Å². The summed E-state index contributed by atoms with van der Waals surface area (Å²) in [6, 6.07) is 11.5. The summed E-state index contributed by atoms with van der Waals surface area (Å²) in [5.41, 5.74) is -0.0705. The minimum Gasteiger partial charge on any atom is -0.486 e. The standard InChI is InChI=1S/C24H26FNO5/c1-2-29-23(28)24(15-18-6-3-4-7-19(18)25)10-5-11-26(16-24)22(27)17-8-9-20-21(14-17)31-13-12-30-20/h3-4,6-9,14H,2,5,10-13,15-16H2,1H3/t24-/m0/s1. The second-order valence-corrected chi connectivity index (χ2v) is 7.96. The fourth-order valence-corrected chi connectivity index (χ4v) is 4.34. The third kappa shape index (κ3) is 4.36. The van der Waals surface area contributed by atoms with Crippen LogP contribution in [0, 0.1) is 11.2 Å². The Labute approximate surface area is 180 Å². The molecule has 2 heterocycles. The zero-order chi connectivity index (χ0) is 21.8. The van der Waals surface area contributed by atoms with Crippen LogP contribution >= 0.6 is 0 Å². The Kier molecular flexibility index (Phi) is 6.11. The molecule has 4 rings (SSSR count). The molecular weight excluding hydrogens is 401 g/mol. The van der Waals surface area contributed by atoms with Gasteiger partial charge in [0.05, 0.1) is 12.0 Å². The van der Waals surface area contributed by atoms with Gasteiger partial charge in [0, 0.05) is 18.7 Å². The molecule has 0 aliphatic carbocycles. The topological polar surface area (TPSA) is 65.1 Å². The van der Waals surface area contributed by atoms with E-state index in [1.165, 1.54) is 6.07 Å². The second-order valence-electron chi connectivity index (χ2n) is 7.96. The molecule has 1 saturated heterocycles. The summed E-state index contributed by atoms with van der Waals surface area (Å²) >= 11 is 0. The maximum Gasteiger partial charge on any atom is 0.314 e. The number of halogens is 1. The van der Waals surface area contributed by atoms with Gasteiger partial charge >= 0.3 is 5.97 Å². The largest absolute Gasteiger partial charge is 0.486 e. The molecule has 7 heteroatoms. The van der Waals surface area contributed by atoms with Crippen LogP contribution in [0.25, 0.3) is 0 Å². The first-order valence-corrected chi connectivity index (χ1v) is 10.6. The molecule has 164 valence electrons. The fraction of sp³-hybridized carbons (Fsp3) is 0.417. The van der Waals surface area contributed by atoms with E-state index in [1.807, 2.05) is 0 Å². The van der Waals surface area contributed by atoms with Crippen LogP contribution in [0.4, 0.5) is 4.39 Å². The summed E-state index contributed by atoms with van der Waals surface area (Å²) in [5, 5.41) is 0. The highest BCUT2D eigenvalue weighted by molar-refractivity contribution is 5.95. The summed E-state index contributed by atoms with van der Waals surface area (Å²) in [6.07, 6.45) is 1.35.